The standard InChI is InChI=1S/C17H18O6/c1-8-6-12-13(9(2)7-20-12)14-15-17(23-15,16(19)22-14)5-4-11(8)21-10(3)18/h6-7,11,14-15H,4-5H2,1-3H3/t11-,14+,15+,17+/m1/s1. The zero-order valence-electron chi connectivity index (χ0n) is 13.3. The van der Waals surface area contributed by atoms with E-state index in [9.17, 15) is 9.59 Å². The van der Waals surface area contributed by atoms with Crippen LogP contribution in [0.1, 0.15) is 49.7 Å². The predicted octanol–water partition coefficient (Wildman–Crippen LogP) is 2.45. The number of carbonyl (C=O) groups excluding carboxylic acids is 2. The number of ether oxygens (including phenoxy) is 3. The average molecular weight is 318 g/mol. The molecule has 3 aliphatic rings. The van der Waals surface area contributed by atoms with Gasteiger partial charge in [0.1, 0.15) is 18.0 Å². The van der Waals surface area contributed by atoms with Gasteiger partial charge in [0.2, 0.25) is 0 Å². The summed E-state index contributed by atoms with van der Waals surface area (Å²) in [6.07, 6.45) is 3.37. The zero-order valence-corrected chi connectivity index (χ0v) is 13.3. The smallest absolute Gasteiger partial charge is 0.342 e. The maximum Gasteiger partial charge on any atom is 0.342 e. The molecular formula is C17H18O6. The summed E-state index contributed by atoms with van der Waals surface area (Å²) in [4.78, 5) is 23.7. The third kappa shape index (κ3) is 2.05. The topological polar surface area (TPSA) is 78.3 Å². The first-order chi connectivity index (χ1) is 10.9. The van der Waals surface area contributed by atoms with Crippen LogP contribution in [0.5, 0.6) is 0 Å². The van der Waals surface area contributed by atoms with Crippen LogP contribution in [-0.4, -0.2) is 29.7 Å². The van der Waals surface area contributed by atoms with E-state index in [0.717, 1.165) is 16.7 Å². The summed E-state index contributed by atoms with van der Waals surface area (Å²) in [6.45, 7) is 5.19. The molecule has 0 amide bonds. The molecule has 0 saturated carbocycles. The van der Waals surface area contributed by atoms with Crippen LogP contribution in [0.2, 0.25) is 0 Å². The Kier molecular flexibility index (Phi) is 2.97. The molecule has 0 aromatic carbocycles. The van der Waals surface area contributed by atoms with Crippen molar-refractivity contribution in [3.8, 4) is 0 Å². The molecule has 0 unspecified atom stereocenters. The third-order valence-corrected chi connectivity index (χ3v) is 4.88. The molecular weight excluding hydrogens is 300 g/mol. The number of rotatable bonds is 1. The number of furan rings is 1. The van der Waals surface area contributed by atoms with Crippen LogP contribution in [0, 0.1) is 6.92 Å². The Morgan fingerprint density at radius 3 is 2.87 bits per heavy atom. The maximum atomic E-state index is 12.3. The Morgan fingerprint density at radius 1 is 1.39 bits per heavy atom. The van der Waals surface area contributed by atoms with Gasteiger partial charge in [0, 0.05) is 12.5 Å². The first-order valence-electron chi connectivity index (χ1n) is 7.74. The second-order valence-corrected chi connectivity index (χ2v) is 6.48. The summed E-state index contributed by atoms with van der Waals surface area (Å²) < 4.78 is 22.3. The van der Waals surface area contributed by atoms with Crippen molar-refractivity contribution in [2.24, 2.45) is 0 Å². The van der Waals surface area contributed by atoms with E-state index < -0.39 is 17.8 Å². The number of fused-ring (bicyclic) bond motifs is 2. The van der Waals surface area contributed by atoms with E-state index in [2.05, 4.69) is 0 Å². The highest BCUT2D eigenvalue weighted by Gasteiger charge is 2.73. The summed E-state index contributed by atoms with van der Waals surface area (Å²) >= 11 is 0. The SMILES string of the molecule is CC(=O)O[C@@H]1CC[C@]23O[C@H]2[C@@H](OC3=O)c2c(C)coc2C=C1C. The average Bonchev–Trinajstić information content (AvgIpc) is 3.03. The van der Waals surface area contributed by atoms with Crippen LogP contribution < -0.4 is 0 Å². The number of hydrogen-bond donors (Lipinski definition) is 0. The van der Waals surface area contributed by atoms with Crippen molar-refractivity contribution in [2.45, 2.75) is 57.5 Å². The third-order valence-electron chi connectivity index (χ3n) is 4.88. The second-order valence-electron chi connectivity index (χ2n) is 6.48. The number of carbonyl (C=O) groups is 2. The fourth-order valence-electron chi connectivity index (χ4n) is 3.63. The Hall–Kier alpha value is -2.08. The minimum Gasteiger partial charge on any atom is -0.464 e. The van der Waals surface area contributed by atoms with Gasteiger partial charge in [-0.25, -0.2) is 4.79 Å². The molecule has 122 valence electrons. The van der Waals surface area contributed by atoms with Crippen molar-refractivity contribution in [2.75, 3.05) is 0 Å². The molecule has 0 radical (unpaired) electrons. The van der Waals surface area contributed by atoms with Gasteiger partial charge in [-0.15, -0.1) is 0 Å². The quantitative estimate of drug-likeness (QED) is 0.584. The minimum atomic E-state index is -0.887. The second kappa shape index (κ2) is 4.71. The first-order valence-corrected chi connectivity index (χ1v) is 7.74. The summed E-state index contributed by atoms with van der Waals surface area (Å²) in [5, 5.41) is 0. The van der Waals surface area contributed by atoms with Gasteiger partial charge in [0.15, 0.2) is 11.7 Å². The lowest BCUT2D eigenvalue weighted by Gasteiger charge is -2.19. The van der Waals surface area contributed by atoms with Crippen LogP contribution in [0.15, 0.2) is 16.3 Å². The molecule has 3 heterocycles. The molecule has 0 spiro atoms. The molecule has 0 N–H and O–H groups in total. The van der Waals surface area contributed by atoms with E-state index in [1.54, 1.807) is 6.26 Å². The lowest BCUT2D eigenvalue weighted by Crippen LogP contribution is -2.26. The van der Waals surface area contributed by atoms with Crippen molar-refractivity contribution in [3.05, 3.63) is 28.7 Å². The molecule has 2 saturated heterocycles. The van der Waals surface area contributed by atoms with Gasteiger partial charge in [0.25, 0.3) is 0 Å². The van der Waals surface area contributed by atoms with E-state index in [4.69, 9.17) is 18.6 Å². The molecule has 2 fully saturated rings. The van der Waals surface area contributed by atoms with Gasteiger partial charge < -0.3 is 18.6 Å². The molecule has 1 aliphatic carbocycles. The van der Waals surface area contributed by atoms with Crippen molar-refractivity contribution >= 4 is 18.0 Å². The molecule has 6 heteroatoms. The van der Waals surface area contributed by atoms with Crippen LogP contribution >= 0.6 is 0 Å². The van der Waals surface area contributed by atoms with Gasteiger partial charge in [-0.3, -0.25) is 4.79 Å². The van der Waals surface area contributed by atoms with E-state index in [1.807, 2.05) is 19.9 Å². The van der Waals surface area contributed by atoms with E-state index in [0.29, 0.717) is 18.6 Å². The summed E-state index contributed by atoms with van der Waals surface area (Å²) in [5.41, 5.74) is 1.74. The Balaban J connectivity index is 1.81. The number of esters is 2. The highest BCUT2D eigenvalue weighted by molar-refractivity contribution is 5.87. The maximum absolute atomic E-state index is 12.3. The molecule has 1 aromatic rings. The van der Waals surface area contributed by atoms with Crippen molar-refractivity contribution in [1.29, 1.82) is 0 Å². The summed E-state index contributed by atoms with van der Waals surface area (Å²) in [6, 6.07) is 0. The monoisotopic (exact) mass is 318 g/mol. The fraction of sp³-hybridized carbons (Fsp3) is 0.529. The lowest BCUT2D eigenvalue weighted by atomic mass is 9.90. The largest absolute Gasteiger partial charge is 0.464 e. The lowest BCUT2D eigenvalue weighted by molar-refractivity contribution is -0.154. The van der Waals surface area contributed by atoms with E-state index in [-0.39, 0.29) is 18.0 Å². The van der Waals surface area contributed by atoms with Crippen molar-refractivity contribution in [3.63, 3.8) is 0 Å². The number of epoxide rings is 1. The van der Waals surface area contributed by atoms with Crippen LogP contribution in [0.25, 0.3) is 6.08 Å². The van der Waals surface area contributed by atoms with Gasteiger partial charge >= 0.3 is 11.9 Å². The van der Waals surface area contributed by atoms with Gasteiger partial charge in [-0.1, -0.05) is 0 Å². The fourth-order valence-corrected chi connectivity index (χ4v) is 3.63. The number of aryl methyl sites for hydroxylation is 1. The Morgan fingerprint density at radius 2 is 2.17 bits per heavy atom. The molecule has 2 aliphatic heterocycles. The Bertz CT molecular complexity index is 729. The summed E-state index contributed by atoms with van der Waals surface area (Å²) in [7, 11) is 0. The highest BCUT2D eigenvalue weighted by atomic mass is 16.7. The number of hydrogen-bond acceptors (Lipinski definition) is 6. The van der Waals surface area contributed by atoms with Gasteiger partial charge in [-0.05, 0) is 43.9 Å². The summed E-state index contributed by atoms with van der Waals surface area (Å²) in [5.74, 6) is -0.0587. The van der Waals surface area contributed by atoms with Crippen LogP contribution in [0.3, 0.4) is 0 Å². The van der Waals surface area contributed by atoms with Gasteiger partial charge in [0.05, 0.1) is 6.26 Å². The molecule has 23 heavy (non-hydrogen) atoms. The van der Waals surface area contributed by atoms with Crippen LogP contribution in [0.4, 0.5) is 0 Å². The van der Waals surface area contributed by atoms with E-state index >= 15 is 0 Å². The molecule has 6 nitrogen and oxygen atoms in total. The van der Waals surface area contributed by atoms with E-state index in [1.165, 1.54) is 6.92 Å². The molecule has 4 atom stereocenters. The Labute approximate surface area is 133 Å². The molecule has 2 bridgehead atoms. The van der Waals surface area contributed by atoms with Crippen LogP contribution in [-0.2, 0) is 23.8 Å². The van der Waals surface area contributed by atoms with Gasteiger partial charge in [-0.2, -0.15) is 0 Å². The van der Waals surface area contributed by atoms with Crippen molar-refractivity contribution in [1.82, 2.24) is 0 Å². The molecule has 1 aromatic heterocycles. The first kappa shape index (κ1) is 14.5. The predicted molar refractivity (Wildman–Crippen MR) is 78.3 cm³/mol. The van der Waals surface area contributed by atoms with Crippen molar-refractivity contribution < 1.29 is 28.2 Å². The molecule has 4 rings (SSSR count). The normalized spacial score (nSPS) is 34.8. The zero-order chi connectivity index (χ0) is 16.4. The highest BCUT2D eigenvalue weighted by Crippen LogP contribution is 2.57. The minimum absolute atomic E-state index is 0.283.